The van der Waals surface area contributed by atoms with E-state index < -0.39 is 0 Å². The molecule has 1 aromatic heterocycles. The van der Waals surface area contributed by atoms with Crippen molar-refractivity contribution in [2.24, 2.45) is 0 Å². The zero-order valence-corrected chi connectivity index (χ0v) is 18.8. The van der Waals surface area contributed by atoms with Crippen molar-refractivity contribution in [1.29, 1.82) is 0 Å². The molecule has 8 heteroatoms. The Hall–Kier alpha value is -2.68. The molecule has 1 amide bonds. The van der Waals surface area contributed by atoms with Gasteiger partial charge in [-0.05, 0) is 26.2 Å². The van der Waals surface area contributed by atoms with Crippen molar-refractivity contribution in [3.63, 3.8) is 0 Å². The standard InChI is InChI=1S/C23H28N6OS/c1-27-13-14-28(2)20(16-27)15-24-21(30)17-31-23-26-25-22(18-9-5-3-6-10-18)29(23)19-11-7-4-8-12-19/h3-12,20H,13-17H2,1-2H3,(H,24,30). The first-order valence-corrected chi connectivity index (χ1v) is 11.4. The van der Waals surface area contributed by atoms with Gasteiger partial charge in [0.15, 0.2) is 11.0 Å². The number of hydrogen-bond acceptors (Lipinski definition) is 6. The summed E-state index contributed by atoms with van der Waals surface area (Å²) in [7, 11) is 4.24. The van der Waals surface area contributed by atoms with Gasteiger partial charge in [-0.1, -0.05) is 60.3 Å². The fourth-order valence-corrected chi connectivity index (χ4v) is 4.46. The Bertz CT molecular complexity index is 994. The summed E-state index contributed by atoms with van der Waals surface area (Å²) in [5, 5.41) is 12.6. The SMILES string of the molecule is CN1CCN(C)C(CNC(=O)CSc2nnc(-c3ccccc3)n2-c2ccccc2)C1. The van der Waals surface area contributed by atoms with E-state index in [0.29, 0.717) is 23.5 Å². The normalized spacial score (nSPS) is 17.5. The lowest BCUT2D eigenvalue weighted by atomic mass is 10.2. The third-order valence-electron chi connectivity index (χ3n) is 5.53. The van der Waals surface area contributed by atoms with Gasteiger partial charge < -0.3 is 10.2 Å². The number of aromatic nitrogens is 3. The van der Waals surface area contributed by atoms with Crippen LogP contribution in [0.4, 0.5) is 0 Å². The average Bonchev–Trinajstić information content (AvgIpc) is 3.23. The van der Waals surface area contributed by atoms with Gasteiger partial charge >= 0.3 is 0 Å². The van der Waals surface area contributed by atoms with E-state index in [-0.39, 0.29) is 5.91 Å². The number of nitrogens with zero attached hydrogens (tertiary/aromatic N) is 5. The summed E-state index contributed by atoms with van der Waals surface area (Å²) in [6.45, 7) is 3.71. The molecule has 2 heterocycles. The van der Waals surface area contributed by atoms with E-state index in [1.54, 1.807) is 0 Å². The second-order valence-electron chi connectivity index (χ2n) is 7.83. The van der Waals surface area contributed by atoms with Crippen molar-refractivity contribution in [3.8, 4) is 17.1 Å². The number of likely N-dealkylation sites (N-methyl/N-ethyl adjacent to an activating group) is 2. The summed E-state index contributed by atoms with van der Waals surface area (Å²) in [5.74, 6) is 1.07. The number of carbonyl (C=O) groups excluding carboxylic acids is 1. The van der Waals surface area contributed by atoms with E-state index in [9.17, 15) is 4.79 Å². The second-order valence-corrected chi connectivity index (χ2v) is 8.78. The lowest BCUT2D eigenvalue weighted by molar-refractivity contribution is -0.118. The van der Waals surface area contributed by atoms with Gasteiger partial charge in [-0.25, -0.2) is 0 Å². The van der Waals surface area contributed by atoms with Gasteiger partial charge in [0.1, 0.15) is 0 Å². The number of nitrogens with one attached hydrogen (secondary N) is 1. The predicted molar refractivity (Wildman–Crippen MR) is 124 cm³/mol. The van der Waals surface area contributed by atoms with Crippen LogP contribution in [0.5, 0.6) is 0 Å². The largest absolute Gasteiger partial charge is 0.354 e. The third kappa shape index (κ3) is 5.33. The zero-order chi connectivity index (χ0) is 21.6. The monoisotopic (exact) mass is 436 g/mol. The fraction of sp³-hybridized carbons (Fsp3) is 0.348. The lowest BCUT2D eigenvalue weighted by Gasteiger charge is -2.37. The van der Waals surface area contributed by atoms with Gasteiger partial charge in [0.25, 0.3) is 0 Å². The maximum Gasteiger partial charge on any atom is 0.230 e. The average molecular weight is 437 g/mol. The van der Waals surface area contributed by atoms with Crippen molar-refractivity contribution in [2.75, 3.05) is 46.0 Å². The highest BCUT2D eigenvalue weighted by Crippen LogP contribution is 2.27. The van der Waals surface area contributed by atoms with Crippen LogP contribution in [-0.4, -0.2) is 82.5 Å². The molecule has 31 heavy (non-hydrogen) atoms. The molecule has 1 aliphatic rings. The number of benzene rings is 2. The van der Waals surface area contributed by atoms with Gasteiger partial charge in [0.05, 0.1) is 5.75 Å². The van der Waals surface area contributed by atoms with E-state index >= 15 is 0 Å². The first-order valence-electron chi connectivity index (χ1n) is 10.5. The fourth-order valence-electron chi connectivity index (χ4n) is 3.68. The summed E-state index contributed by atoms with van der Waals surface area (Å²) < 4.78 is 2.01. The van der Waals surface area contributed by atoms with Crippen LogP contribution in [0.2, 0.25) is 0 Å². The van der Waals surface area contributed by atoms with Gasteiger partial charge in [-0.15, -0.1) is 10.2 Å². The van der Waals surface area contributed by atoms with E-state index in [1.165, 1.54) is 11.8 Å². The van der Waals surface area contributed by atoms with Crippen LogP contribution in [0.1, 0.15) is 0 Å². The van der Waals surface area contributed by atoms with E-state index in [1.807, 2.05) is 65.2 Å². The van der Waals surface area contributed by atoms with Crippen LogP contribution < -0.4 is 5.32 Å². The predicted octanol–water partition coefficient (Wildman–Crippen LogP) is 2.39. The van der Waals surface area contributed by atoms with Gasteiger partial charge in [-0.2, -0.15) is 0 Å². The summed E-state index contributed by atoms with van der Waals surface area (Å²) in [5.41, 5.74) is 1.96. The maximum absolute atomic E-state index is 12.6. The number of amides is 1. The molecule has 0 radical (unpaired) electrons. The Morgan fingerprint density at radius 2 is 1.74 bits per heavy atom. The van der Waals surface area contributed by atoms with Crippen molar-refractivity contribution >= 4 is 17.7 Å². The molecule has 0 spiro atoms. The Morgan fingerprint density at radius 1 is 1.03 bits per heavy atom. The van der Waals surface area contributed by atoms with Crippen LogP contribution in [0.25, 0.3) is 17.1 Å². The minimum atomic E-state index is 0.00972. The molecule has 7 nitrogen and oxygen atoms in total. The molecule has 0 saturated carbocycles. The third-order valence-corrected chi connectivity index (χ3v) is 6.46. The molecule has 1 atom stereocenters. The summed E-state index contributed by atoms with van der Waals surface area (Å²) in [4.78, 5) is 17.2. The molecule has 1 saturated heterocycles. The van der Waals surface area contributed by atoms with Crippen LogP contribution in [0, 0.1) is 0 Å². The molecule has 1 unspecified atom stereocenters. The first-order chi connectivity index (χ1) is 15.1. The minimum absolute atomic E-state index is 0.00972. The van der Waals surface area contributed by atoms with Gasteiger partial charge in [-0.3, -0.25) is 14.3 Å². The van der Waals surface area contributed by atoms with Crippen LogP contribution in [0.3, 0.4) is 0 Å². The van der Waals surface area contributed by atoms with Crippen LogP contribution >= 0.6 is 11.8 Å². The lowest BCUT2D eigenvalue weighted by Crippen LogP contribution is -2.54. The molecule has 3 aromatic rings. The smallest absolute Gasteiger partial charge is 0.230 e. The number of thioether (sulfide) groups is 1. The number of hydrogen-bond donors (Lipinski definition) is 1. The number of carbonyl (C=O) groups is 1. The van der Waals surface area contributed by atoms with Crippen molar-refractivity contribution in [2.45, 2.75) is 11.2 Å². The molecule has 0 bridgehead atoms. The highest BCUT2D eigenvalue weighted by atomic mass is 32.2. The Labute approximate surface area is 187 Å². The van der Waals surface area contributed by atoms with Gasteiger partial charge in [0.2, 0.25) is 5.91 Å². The molecule has 1 N–H and O–H groups in total. The second kappa shape index (κ2) is 10.1. The van der Waals surface area contributed by atoms with E-state index in [0.717, 1.165) is 36.7 Å². The summed E-state index contributed by atoms with van der Waals surface area (Å²) in [6.07, 6.45) is 0. The van der Waals surface area contributed by atoms with Crippen LogP contribution in [0.15, 0.2) is 65.8 Å². The maximum atomic E-state index is 12.6. The molecular weight excluding hydrogens is 408 g/mol. The van der Waals surface area contributed by atoms with E-state index in [2.05, 4.69) is 39.4 Å². The topological polar surface area (TPSA) is 66.3 Å². The molecule has 162 valence electrons. The molecule has 1 fully saturated rings. The Morgan fingerprint density at radius 3 is 2.48 bits per heavy atom. The first kappa shape index (κ1) is 21.5. The highest BCUT2D eigenvalue weighted by molar-refractivity contribution is 7.99. The molecular formula is C23H28N6OS. The molecule has 4 rings (SSSR count). The quantitative estimate of drug-likeness (QED) is 0.574. The van der Waals surface area contributed by atoms with Crippen molar-refractivity contribution < 1.29 is 4.79 Å². The summed E-state index contributed by atoms with van der Waals surface area (Å²) >= 11 is 1.41. The molecule has 1 aliphatic heterocycles. The van der Waals surface area contributed by atoms with Crippen LogP contribution in [-0.2, 0) is 4.79 Å². The van der Waals surface area contributed by atoms with E-state index in [4.69, 9.17) is 0 Å². The Kier molecular flexibility index (Phi) is 7.01. The number of piperazine rings is 1. The summed E-state index contributed by atoms with van der Waals surface area (Å²) in [6, 6.07) is 20.3. The number of para-hydroxylation sites is 1. The Balaban J connectivity index is 1.45. The number of rotatable bonds is 7. The highest BCUT2D eigenvalue weighted by Gasteiger charge is 2.23. The molecule has 2 aromatic carbocycles. The van der Waals surface area contributed by atoms with Gasteiger partial charge in [0, 0.05) is 43.5 Å². The molecule has 0 aliphatic carbocycles. The zero-order valence-electron chi connectivity index (χ0n) is 17.9. The van der Waals surface area contributed by atoms with Crippen molar-refractivity contribution in [3.05, 3.63) is 60.7 Å². The van der Waals surface area contributed by atoms with Crippen molar-refractivity contribution in [1.82, 2.24) is 29.9 Å². The minimum Gasteiger partial charge on any atom is -0.354 e.